The van der Waals surface area contributed by atoms with Crippen molar-refractivity contribution in [2.75, 3.05) is 13.7 Å². The van der Waals surface area contributed by atoms with Crippen molar-refractivity contribution in [1.29, 1.82) is 0 Å². The van der Waals surface area contributed by atoms with E-state index in [0.717, 1.165) is 18.4 Å². The van der Waals surface area contributed by atoms with Gasteiger partial charge >= 0.3 is 17.8 Å². The van der Waals surface area contributed by atoms with Crippen molar-refractivity contribution in [3.05, 3.63) is 0 Å². The van der Waals surface area contributed by atoms with E-state index >= 15 is 0 Å². The summed E-state index contributed by atoms with van der Waals surface area (Å²) in [6.07, 6.45) is 0.835. The van der Waals surface area contributed by atoms with Crippen LogP contribution in [0.15, 0.2) is 0 Å². The molecule has 0 aromatic rings. The summed E-state index contributed by atoms with van der Waals surface area (Å²) >= 11 is 0. The highest BCUT2D eigenvalue weighted by molar-refractivity contribution is 6.32. The van der Waals surface area contributed by atoms with E-state index < -0.39 is 23.9 Å². The smallest absolute Gasteiger partial charge is 0.396 e. The molecule has 1 amide bonds. The number of ether oxygens (including phenoxy) is 1. The standard InChI is InChI=1S/C9H11NO5/c1-15-9(14)7(11)10-3-4-2-5(4)6(10)8(12)13/h4-6H,2-3H2,1H3,(H,12,13)/t4-,5-,6+/m0/s1. The number of methoxy groups -OCH3 is 1. The molecule has 1 aliphatic carbocycles. The number of esters is 1. The Bertz CT molecular complexity index is 339. The molecule has 6 heteroatoms. The van der Waals surface area contributed by atoms with Crippen molar-refractivity contribution in [2.24, 2.45) is 11.8 Å². The molecule has 1 saturated heterocycles. The Balaban J connectivity index is 2.12. The fraction of sp³-hybridized carbons (Fsp3) is 0.667. The van der Waals surface area contributed by atoms with Crippen molar-refractivity contribution in [3.63, 3.8) is 0 Å². The van der Waals surface area contributed by atoms with Gasteiger partial charge in [0.2, 0.25) is 0 Å². The Kier molecular flexibility index (Phi) is 2.13. The maximum absolute atomic E-state index is 11.4. The van der Waals surface area contributed by atoms with Gasteiger partial charge in [0.05, 0.1) is 7.11 Å². The quantitative estimate of drug-likeness (QED) is 0.450. The number of carbonyl (C=O) groups is 3. The zero-order chi connectivity index (χ0) is 11.2. The van der Waals surface area contributed by atoms with E-state index in [1.165, 1.54) is 0 Å². The summed E-state index contributed by atoms with van der Waals surface area (Å²) in [5.41, 5.74) is 0. The van der Waals surface area contributed by atoms with E-state index in [4.69, 9.17) is 5.11 Å². The molecular formula is C9H11NO5. The highest BCUT2D eigenvalue weighted by atomic mass is 16.5. The number of amides is 1. The molecule has 0 bridgehead atoms. The van der Waals surface area contributed by atoms with Gasteiger partial charge in [0.1, 0.15) is 6.04 Å². The van der Waals surface area contributed by atoms with Gasteiger partial charge in [-0.2, -0.15) is 0 Å². The molecule has 2 fully saturated rings. The molecule has 2 aliphatic rings. The van der Waals surface area contributed by atoms with Crippen LogP contribution in [0, 0.1) is 11.8 Å². The second-order valence-electron chi connectivity index (χ2n) is 3.89. The van der Waals surface area contributed by atoms with Gasteiger partial charge < -0.3 is 14.7 Å². The number of aliphatic carboxylic acids is 1. The largest absolute Gasteiger partial charge is 0.480 e. The van der Waals surface area contributed by atoms with Crippen molar-refractivity contribution >= 4 is 17.8 Å². The Morgan fingerprint density at radius 3 is 2.60 bits per heavy atom. The lowest BCUT2D eigenvalue weighted by molar-refractivity contribution is -0.161. The Hall–Kier alpha value is -1.59. The summed E-state index contributed by atoms with van der Waals surface area (Å²) in [5.74, 6) is -2.62. The summed E-state index contributed by atoms with van der Waals surface area (Å²) in [4.78, 5) is 34.5. The molecule has 2 rings (SSSR count). The third-order valence-corrected chi connectivity index (χ3v) is 3.02. The Morgan fingerprint density at radius 2 is 2.07 bits per heavy atom. The van der Waals surface area contributed by atoms with Crippen molar-refractivity contribution < 1.29 is 24.2 Å². The highest BCUT2D eigenvalue weighted by Crippen LogP contribution is 2.49. The molecule has 0 spiro atoms. The molecule has 82 valence electrons. The minimum atomic E-state index is -1.04. The number of hydrogen-bond donors (Lipinski definition) is 1. The van der Waals surface area contributed by atoms with Crippen LogP contribution in [0.4, 0.5) is 0 Å². The predicted molar refractivity (Wildman–Crippen MR) is 46.7 cm³/mol. The van der Waals surface area contributed by atoms with E-state index in [2.05, 4.69) is 4.74 Å². The van der Waals surface area contributed by atoms with Gasteiger partial charge in [-0.1, -0.05) is 0 Å². The SMILES string of the molecule is COC(=O)C(=O)N1C[C@@H]2C[C@@H]2[C@@H]1C(=O)O. The summed E-state index contributed by atoms with van der Waals surface area (Å²) in [5, 5.41) is 8.94. The maximum Gasteiger partial charge on any atom is 0.396 e. The fourth-order valence-corrected chi connectivity index (χ4v) is 2.20. The maximum atomic E-state index is 11.4. The van der Waals surface area contributed by atoms with E-state index in [-0.39, 0.29) is 11.8 Å². The molecule has 0 aromatic heterocycles. The lowest BCUT2D eigenvalue weighted by Gasteiger charge is -2.22. The molecule has 1 aliphatic heterocycles. The van der Waals surface area contributed by atoms with E-state index in [1.54, 1.807) is 0 Å². The minimum absolute atomic E-state index is 0.0242. The van der Waals surface area contributed by atoms with Gasteiger partial charge in [-0.3, -0.25) is 4.79 Å². The van der Waals surface area contributed by atoms with Crippen LogP contribution in [0.25, 0.3) is 0 Å². The van der Waals surface area contributed by atoms with Gasteiger partial charge in [-0.25, -0.2) is 9.59 Å². The number of fused-ring (bicyclic) bond motifs is 1. The third kappa shape index (κ3) is 1.45. The minimum Gasteiger partial charge on any atom is -0.480 e. The first-order valence-corrected chi connectivity index (χ1v) is 4.68. The van der Waals surface area contributed by atoms with Crippen LogP contribution < -0.4 is 0 Å². The number of rotatable bonds is 1. The number of carboxylic acids is 1. The molecule has 0 radical (unpaired) electrons. The predicted octanol–water partition coefficient (Wildman–Crippen LogP) is -0.909. The zero-order valence-electron chi connectivity index (χ0n) is 8.17. The normalized spacial score (nSPS) is 32.1. The molecule has 0 unspecified atom stereocenters. The van der Waals surface area contributed by atoms with Crippen LogP contribution in [0.5, 0.6) is 0 Å². The molecule has 15 heavy (non-hydrogen) atoms. The number of carbonyl (C=O) groups excluding carboxylic acids is 2. The van der Waals surface area contributed by atoms with Crippen LogP contribution >= 0.6 is 0 Å². The average Bonchev–Trinajstić information content (AvgIpc) is 2.86. The summed E-state index contributed by atoms with van der Waals surface area (Å²) in [7, 11) is 1.10. The number of nitrogens with zero attached hydrogens (tertiary/aromatic N) is 1. The number of likely N-dealkylation sites (tertiary alicyclic amines) is 1. The lowest BCUT2D eigenvalue weighted by Crippen LogP contribution is -2.46. The third-order valence-electron chi connectivity index (χ3n) is 3.02. The van der Waals surface area contributed by atoms with Gasteiger partial charge in [-0.05, 0) is 18.3 Å². The highest BCUT2D eigenvalue weighted by Gasteiger charge is 2.58. The van der Waals surface area contributed by atoms with Gasteiger partial charge in [0.15, 0.2) is 0 Å². The number of piperidine rings is 1. The van der Waals surface area contributed by atoms with Crippen molar-refractivity contribution in [2.45, 2.75) is 12.5 Å². The number of hydrogen-bond acceptors (Lipinski definition) is 4. The molecule has 6 nitrogen and oxygen atoms in total. The van der Waals surface area contributed by atoms with E-state index in [9.17, 15) is 14.4 Å². The van der Waals surface area contributed by atoms with Crippen LogP contribution in [0.2, 0.25) is 0 Å². The zero-order valence-corrected chi connectivity index (χ0v) is 8.17. The van der Waals surface area contributed by atoms with Gasteiger partial charge in [0.25, 0.3) is 0 Å². The summed E-state index contributed by atoms with van der Waals surface area (Å²) < 4.78 is 4.28. The van der Waals surface area contributed by atoms with Crippen molar-refractivity contribution in [3.8, 4) is 0 Å². The fourth-order valence-electron chi connectivity index (χ4n) is 2.20. The first-order valence-electron chi connectivity index (χ1n) is 4.68. The lowest BCUT2D eigenvalue weighted by atomic mass is 10.2. The topological polar surface area (TPSA) is 83.9 Å². The van der Waals surface area contributed by atoms with E-state index in [0.29, 0.717) is 6.54 Å². The van der Waals surface area contributed by atoms with Crippen LogP contribution in [-0.2, 0) is 19.1 Å². The summed E-state index contributed by atoms with van der Waals surface area (Å²) in [6.45, 7) is 0.357. The first-order chi connectivity index (χ1) is 7.06. The van der Waals surface area contributed by atoms with Gasteiger partial charge in [-0.15, -0.1) is 0 Å². The monoisotopic (exact) mass is 213 g/mol. The van der Waals surface area contributed by atoms with Crippen molar-refractivity contribution in [1.82, 2.24) is 4.90 Å². The molecular weight excluding hydrogens is 202 g/mol. The summed E-state index contributed by atoms with van der Waals surface area (Å²) in [6, 6.07) is -0.846. The van der Waals surface area contributed by atoms with Gasteiger partial charge in [0, 0.05) is 6.54 Å². The average molecular weight is 213 g/mol. The molecule has 1 heterocycles. The van der Waals surface area contributed by atoms with E-state index in [1.807, 2.05) is 0 Å². The second kappa shape index (κ2) is 3.22. The van der Waals surface area contributed by atoms with Crippen LogP contribution in [-0.4, -0.2) is 47.5 Å². The second-order valence-corrected chi connectivity index (χ2v) is 3.89. The molecule has 1 N–H and O–H groups in total. The Labute approximate surface area is 85.8 Å². The molecule has 3 atom stereocenters. The first kappa shape index (κ1) is 9.95. The Morgan fingerprint density at radius 1 is 1.40 bits per heavy atom. The number of carboxylic acid groups (broad SMARTS) is 1. The molecule has 0 aromatic carbocycles. The van der Waals surface area contributed by atoms with Crippen LogP contribution in [0.3, 0.4) is 0 Å². The van der Waals surface area contributed by atoms with Crippen LogP contribution in [0.1, 0.15) is 6.42 Å². The molecule has 1 saturated carbocycles.